The van der Waals surface area contributed by atoms with Crippen LogP contribution in [0.2, 0.25) is 0 Å². The van der Waals surface area contributed by atoms with Crippen LogP contribution in [0, 0.1) is 3.57 Å². The number of hydrogen-bond acceptors (Lipinski definition) is 3. The summed E-state index contributed by atoms with van der Waals surface area (Å²) >= 11 is 2.17. The van der Waals surface area contributed by atoms with Gasteiger partial charge in [0.1, 0.15) is 5.75 Å². The SMILES string of the molecule is COc1cc(NC(=O)c2cccc(I)c2)ccc1N. The van der Waals surface area contributed by atoms with Crippen molar-refractivity contribution in [2.45, 2.75) is 0 Å². The largest absolute Gasteiger partial charge is 0.495 e. The number of carbonyl (C=O) groups excluding carboxylic acids is 1. The average Bonchev–Trinajstić information content (AvgIpc) is 2.41. The molecule has 0 heterocycles. The fourth-order valence-corrected chi connectivity index (χ4v) is 2.16. The minimum atomic E-state index is -0.162. The van der Waals surface area contributed by atoms with E-state index in [-0.39, 0.29) is 5.91 Å². The molecule has 0 bridgehead atoms. The van der Waals surface area contributed by atoms with E-state index in [2.05, 4.69) is 27.9 Å². The summed E-state index contributed by atoms with van der Waals surface area (Å²) in [4.78, 5) is 12.1. The standard InChI is InChI=1S/C14H13IN2O2/c1-19-13-8-11(5-6-12(13)16)17-14(18)9-3-2-4-10(15)7-9/h2-8H,16H2,1H3,(H,17,18). The molecule has 4 nitrogen and oxygen atoms in total. The predicted molar refractivity (Wildman–Crippen MR) is 84.5 cm³/mol. The Hall–Kier alpha value is -1.76. The highest BCUT2D eigenvalue weighted by Crippen LogP contribution is 2.25. The number of rotatable bonds is 3. The minimum absolute atomic E-state index is 0.162. The lowest BCUT2D eigenvalue weighted by atomic mass is 10.2. The molecular formula is C14H13IN2O2. The number of anilines is 2. The minimum Gasteiger partial charge on any atom is -0.495 e. The van der Waals surface area contributed by atoms with Crippen LogP contribution in [0.15, 0.2) is 42.5 Å². The molecule has 2 aromatic rings. The van der Waals surface area contributed by atoms with Gasteiger partial charge >= 0.3 is 0 Å². The Morgan fingerprint density at radius 1 is 1.26 bits per heavy atom. The number of hydrogen-bond donors (Lipinski definition) is 2. The summed E-state index contributed by atoms with van der Waals surface area (Å²) in [6, 6.07) is 12.5. The number of methoxy groups -OCH3 is 1. The molecule has 0 unspecified atom stereocenters. The van der Waals surface area contributed by atoms with Crippen LogP contribution in [0.25, 0.3) is 0 Å². The summed E-state index contributed by atoms with van der Waals surface area (Å²) in [5.41, 5.74) is 7.52. The molecular weight excluding hydrogens is 355 g/mol. The van der Waals surface area contributed by atoms with Gasteiger partial charge in [-0.2, -0.15) is 0 Å². The zero-order chi connectivity index (χ0) is 13.8. The van der Waals surface area contributed by atoms with Crippen molar-refractivity contribution in [1.29, 1.82) is 0 Å². The van der Waals surface area contributed by atoms with Gasteiger partial charge in [-0.25, -0.2) is 0 Å². The summed E-state index contributed by atoms with van der Waals surface area (Å²) in [5.74, 6) is 0.380. The van der Waals surface area contributed by atoms with Crippen LogP contribution in [0.4, 0.5) is 11.4 Å². The van der Waals surface area contributed by atoms with Gasteiger partial charge in [-0.3, -0.25) is 4.79 Å². The lowest BCUT2D eigenvalue weighted by Crippen LogP contribution is -2.12. The second-order valence-corrected chi connectivity index (χ2v) is 5.17. The molecule has 0 aliphatic heterocycles. The van der Waals surface area contributed by atoms with Crippen LogP contribution in [0.1, 0.15) is 10.4 Å². The molecule has 3 N–H and O–H groups in total. The first-order chi connectivity index (χ1) is 9.10. The zero-order valence-electron chi connectivity index (χ0n) is 10.3. The van der Waals surface area contributed by atoms with Crippen molar-refractivity contribution < 1.29 is 9.53 Å². The number of amides is 1. The Balaban J connectivity index is 2.19. The van der Waals surface area contributed by atoms with E-state index in [1.807, 2.05) is 18.2 Å². The van der Waals surface area contributed by atoms with E-state index in [1.54, 1.807) is 24.3 Å². The Morgan fingerprint density at radius 3 is 2.74 bits per heavy atom. The van der Waals surface area contributed by atoms with Gasteiger partial charge in [-0.1, -0.05) is 6.07 Å². The van der Waals surface area contributed by atoms with E-state index in [0.717, 1.165) is 3.57 Å². The molecule has 2 aromatic carbocycles. The van der Waals surface area contributed by atoms with Crippen LogP contribution in [0.3, 0.4) is 0 Å². The van der Waals surface area contributed by atoms with Gasteiger partial charge in [-0.05, 0) is 52.9 Å². The monoisotopic (exact) mass is 368 g/mol. The maximum Gasteiger partial charge on any atom is 0.255 e. The smallest absolute Gasteiger partial charge is 0.255 e. The van der Waals surface area contributed by atoms with E-state index in [1.165, 1.54) is 7.11 Å². The van der Waals surface area contributed by atoms with E-state index in [9.17, 15) is 4.79 Å². The summed E-state index contributed by atoms with van der Waals surface area (Å²) in [6.45, 7) is 0. The molecule has 0 atom stereocenters. The van der Waals surface area contributed by atoms with Crippen molar-refractivity contribution >= 4 is 39.9 Å². The van der Waals surface area contributed by atoms with Crippen molar-refractivity contribution in [1.82, 2.24) is 0 Å². The Labute approximate surface area is 125 Å². The molecule has 0 fully saturated rings. The van der Waals surface area contributed by atoms with Gasteiger partial charge < -0.3 is 15.8 Å². The molecule has 0 radical (unpaired) electrons. The summed E-state index contributed by atoms with van der Waals surface area (Å²) in [5, 5.41) is 2.81. The van der Waals surface area contributed by atoms with Crippen molar-refractivity contribution in [2.24, 2.45) is 0 Å². The van der Waals surface area contributed by atoms with Crippen molar-refractivity contribution in [2.75, 3.05) is 18.2 Å². The second kappa shape index (κ2) is 5.92. The molecule has 0 aliphatic rings. The van der Waals surface area contributed by atoms with Crippen molar-refractivity contribution in [3.05, 3.63) is 51.6 Å². The quantitative estimate of drug-likeness (QED) is 0.646. The molecule has 19 heavy (non-hydrogen) atoms. The molecule has 0 aromatic heterocycles. The van der Waals surface area contributed by atoms with E-state index in [0.29, 0.717) is 22.7 Å². The topological polar surface area (TPSA) is 64.3 Å². The lowest BCUT2D eigenvalue weighted by molar-refractivity contribution is 0.102. The lowest BCUT2D eigenvalue weighted by Gasteiger charge is -2.09. The Kier molecular flexibility index (Phi) is 4.26. The molecule has 0 saturated carbocycles. The van der Waals surface area contributed by atoms with Crippen LogP contribution in [0.5, 0.6) is 5.75 Å². The van der Waals surface area contributed by atoms with Crippen molar-refractivity contribution in [3.8, 4) is 5.75 Å². The fraction of sp³-hybridized carbons (Fsp3) is 0.0714. The number of ether oxygens (including phenoxy) is 1. The number of carbonyl (C=O) groups is 1. The van der Waals surface area contributed by atoms with Gasteiger partial charge in [0, 0.05) is 20.9 Å². The third-order valence-corrected chi connectivity index (χ3v) is 3.25. The predicted octanol–water partition coefficient (Wildman–Crippen LogP) is 3.13. The van der Waals surface area contributed by atoms with Crippen molar-refractivity contribution in [3.63, 3.8) is 0 Å². The van der Waals surface area contributed by atoms with Crippen LogP contribution < -0.4 is 15.8 Å². The van der Waals surface area contributed by atoms with Gasteiger partial charge in [-0.15, -0.1) is 0 Å². The van der Waals surface area contributed by atoms with Gasteiger partial charge in [0.25, 0.3) is 5.91 Å². The van der Waals surface area contributed by atoms with Gasteiger partial charge in [0.15, 0.2) is 0 Å². The second-order valence-electron chi connectivity index (χ2n) is 3.92. The summed E-state index contributed by atoms with van der Waals surface area (Å²) in [7, 11) is 1.54. The number of nitrogen functional groups attached to an aromatic ring is 1. The molecule has 2 rings (SSSR count). The van der Waals surface area contributed by atoms with Crippen LogP contribution >= 0.6 is 22.6 Å². The van der Waals surface area contributed by atoms with E-state index >= 15 is 0 Å². The number of nitrogens with two attached hydrogens (primary N) is 1. The highest BCUT2D eigenvalue weighted by molar-refractivity contribution is 14.1. The number of benzene rings is 2. The summed E-state index contributed by atoms with van der Waals surface area (Å²) < 4.78 is 6.13. The maximum absolute atomic E-state index is 12.1. The van der Waals surface area contributed by atoms with Crippen LogP contribution in [-0.4, -0.2) is 13.0 Å². The fourth-order valence-electron chi connectivity index (χ4n) is 1.62. The van der Waals surface area contributed by atoms with Crippen LogP contribution in [-0.2, 0) is 0 Å². The summed E-state index contributed by atoms with van der Waals surface area (Å²) in [6.07, 6.45) is 0. The van der Waals surface area contributed by atoms with E-state index < -0.39 is 0 Å². The van der Waals surface area contributed by atoms with Gasteiger partial charge in [0.2, 0.25) is 0 Å². The highest BCUT2D eigenvalue weighted by atomic mass is 127. The maximum atomic E-state index is 12.1. The molecule has 98 valence electrons. The molecule has 1 amide bonds. The molecule has 0 saturated heterocycles. The first-order valence-electron chi connectivity index (χ1n) is 5.60. The Bertz CT molecular complexity index is 614. The number of nitrogens with one attached hydrogen (secondary N) is 1. The third-order valence-electron chi connectivity index (χ3n) is 2.58. The normalized spacial score (nSPS) is 10.0. The highest BCUT2D eigenvalue weighted by Gasteiger charge is 2.08. The first-order valence-corrected chi connectivity index (χ1v) is 6.68. The van der Waals surface area contributed by atoms with Gasteiger partial charge in [0.05, 0.1) is 12.8 Å². The average molecular weight is 368 g/mol. The third kappa shape index (κ3) is 3.37. The Morgan fingerprint density at radius 2 is 2.05 bits per heavy atom. The molecule has 5 heteroatoms. The molecule has 0 spiro atoms. The first kappa shape index (κ1) is 13.7. The van der Waals surface area contributed by atoms with E-state index in [4.69, 9.17) is 10.5 Å². The zero-order valence-corrected chi connectivity index (χ0v) is 12.5. The molecule has 0 aliphatic carbocycles. The number of halogens is 1.